The lowest BCUT2D eigenvalue weighted by Crippen LogP contribution is -2.25. The molecule has 2 heteroatoms. The molecule has 2 nitrogen and oxygen atoms in total. The van der Waals surface area contributed by atoms with Crippen LogP contribution in [0.4, 0.5) is 0 Å². The first-order chi connectivity index (χ1) is 10.8. The summed E-state index contributed by atoms with van der Waals surface area (Å²) in [4.78, 5) is 2.65. The van der Waals surface area contributed by atoms with Crippen molar-refractivity contribution in [1.29, 1.82) is 0 Å². The third-order valence-corrected chi connectivity index (χ3v) is 4.70. The van der Waals surface area contributed by atoms with E-state index >= 15 is 0 Å². The molecule has 22 heavy (non-hydrogen) atoms. The van der Waals surface area contributed by atoms with Crippen LogP contribution in [0.15, 0.2) is 0 Å². The van der Waals surface area contributed by atoms with Crippen molar-refractivity contribution in [2.75, 3.05) is 26.2 Å². The van der Waals surface area contributed by atoms with Crippen LogP contribution >= 0.6 is 0 Å². The molecule has 0 rings (SSSR count). The number of unbranched alkanes of at least 4 members (excludes halogenated alkanes) is 12. The predicted molar refractivity (Wildman–Crippen MR) is 101 cm³/mol. The van der Waals surface area contributed by atoms with Gasteiger partial charge in [-0.1, -0.05) is 84.5 Å². The van der Waals surface area contributed by atoms with Gasteiger partial charge in [0.05, 0.1) is 0 Å². The third-order valence-electron chi connectivity index (χ3n) is 4.70. The second-order valence-corrected chi connectivity index (χ2v) is 6.82. The van der Waals surface area contributed by atoms with Crippen molar-refractivity contribution in [3.05, 3.63) is 0 Å². The molecule has 0 spiro atoms. The fourth-order valence-electron chi connectivity index (χ4n) is 3.08. The van der Waals surface area contributed by atoms with Gasteiger partial charge in [0.2, 0.25) is 0 Å². The van der Waals surface area contributed by atoms with Crippen molar-refractivity contribution in [3.63, 3.8) is 0 Å². The fraction of sp³-hybridized carbons (Fsp3) is 1.00. The van der Waals surface area contributed by atoms with Gasteiger partial charge >= 0.3 is 0 Å². The summed E-state index contributed by atoms with van der Waals surface area (Å²) in [5, 5.41) is 0. The maximum absolute atomic E-state index is 5.51. The molecule has 0 aromatic rings. The van der Waals surface area contributed by atoms with Gasteiger partial charge in [-0.05, 0) is 45.4 Å². The molecule has 0 radical (unpaired) electrons. The maximum Gasteiger partial charge on any atom is -0.00189 e. The van der Waals surface area contributed by atoms with Crippen LogP contribution in [0.25, 0.3) is 0 Å². The van der Waals surface area contributed by atoms with Gasteiger partial charge < -0.3 is 10.6 Å². The first-order valence-corrected chi connectivity index (χ1v) is 10.3. The molecule has 0 saturated heterocycles. The molecule has 0 amide bonds. The molecule has 2 N–H and O–H groups in total. The normalized spacial score (nSPS) is 11.5. The van der Waals surface area contributed by atoms with Crippen LogP contribution in [-0.4, -0.2) is 31.1 Å². The van der Waals surface area contributed by atoms with Crippen molar-refractivity contribution in [3.8, 4) is 0 Å². The zero-order valence-electron chi connectivity index (χ0n) is 15.8. The van der Waals surface area contributed by atoms with Gasteiger partial charge in [-0.15, -0.1) is 0 Å². The quantitative estimate of drug-likeness (QED) is 0.327. The molecule has 0 heterocycles. The lowest BCUT2D eigenvalue weighted by Gasteiger charge is -2.20. The minimum absolute atomic E-state index is 0.868. The number of rotatable bonds is 18. The summed E-state index contributed by atoms with van der Waals surface area (Å²) < 4.78 is 0. The third kappa shape index (κ3) is 16.3. The monoisotopic (exact) mass is 312 g/mol. The summed E-state index contributed by atoms with van der Waals surface area (Å²) in [7, 11) is 0. The van der Waals surface area contributed by atoms with Gasteiger partial charge in [-0.25, -0.2) is 0 Å². The Morgan fingerprint density at radius 3 is 1.36 bits per heavy atom. The Morgan fingerprint density at radius 2 is 0.955 bits per heavy atom. The first-order valence-electron chi connectivity index (χ1n) is 10.3. The van der Waals surface area contributed by atoms with Gasteiger partial charge in [0, 0.05) is 0 Å². The summed E-state index contributed by atoms with van der Waals surface area (Å²) in [5.41, 5.74) is 5.51. The summed E-state index contributed by atoms with van der Waals surface area (Å²) in [5.74, 6) is 0. The SMILES string of the molecule is CCCCCCN(CC)CCCCCCCCCCCCN. The van der Waals surface area contributed by atoms with Gasteiger partial charge in [0.25, 0.3) is 0 Å². The Hall–Kier alpha value is -0.0800. The lowest BCUT2D eigenvalue weighted by atomic mass is 10.1. The van der Waals surface area contributed by atoms with Crippen molar-refractivity contribution in [2.24, 2.45) is 5.73 Å². The second-order valence-electron chi connectivity index (χ2n) is 6.82. The first kappa shape index (κ1) is 21.9. The van der Waals surface area contributed by atoms with Crippen molar-refractivity contribution >= 4 is 0 Å². The maximum atomic E-state index is 5.51. The van der Waals surface area contributed by atoms with E-state index in [1.165, 1.54) is 110 Å². The number of hydrogen-bond donors (Lipinski definition) is 1. The van der Waals surface area contributed by atoms with E-state index in [1.807, 2.05) is 0 Å². The molecule has 0 atom stereocenters. The number of nitrogens with zero attached hydrogens (tertiary/aromatic N) is 1. The highest BCUT2D eigenvalue weighted by atomic mass is 15.1. The largest absolute Gasteiger partial charge is 0.330 e. The highest BCUT2D eigenvalue weighted by Crippen LogP contribution is 2.11. The van der Waals surface area contributed by atoms with E-state index in [9.17, 15) is 0 Å². The Bertz CT molecular complexity index is 194. The van der Waals surface area contributed by atoms with Crippen LogP contribution in [-0.2, 0) is 0 Å². The molecule has 0 unspecified atom stereocenters. The van der Waals surface area contributed by atoms with E-state index in [4.69, 9.17) is 5.73 Å². The van der Waals surface area contributed by atoms with Gasteiger partial charge in [-0.2, -0.15) is 0 Å². The molecule has 0 bridgehead atoms. The van der Waals surface area contributed by atoms with Crippen LogP contribution in [0.1, 0.15) is 104 Å². The standard InChI is InChI=1S/C20H44N2/c1-3-5-6-16-19-22(4-2)20-17-14-12-10-8-7-9-11-13-15-18-21/h3-21H2,1-2H3. The summed E-state index contributed by atoms with van der Waals surface area (Å²) >= 11 is 0. The van der Waals surface area contributed by atoms with E-state index in [0.29, 0.717) is 0 Å². The van der Waals surface area contributed by atoms with E-state index < -0.39 is 0 Å². The molecule has 0 fully saturated rings. The Balaban J connectivity index is 3.22. The lowest BCUT2D eigenvalue weighted by molar-refractivity contribution is 0.273. The van der Waals surface area contributed by atoms with Crippen molar-refractivity contribution in [1.82, 2.24) is 4.90 Å². The molecule has 0 aliphatic rings. The molecule has 0 aliphatic carbocycles. The topological polar surface area (TPSA) is 29.3 Å². The number of hydrogen-bond acceptors (Lipinski definition) is 2. The highest BCUT2D eigenvalue weighted by Gasteiger charge is 2.01. The van der Waals surface area contributed by atoms with E-state index in [-0.39, 0.29) is 0 Å². The average Bonchev–Trinajstić information content (AvgIpc) is 2.54. The molecule has 0 aromatic heterocycles. The van der Waals surface area contributed by atoms with Gasteiger partial charge in [-0.3, -0.25) is 0 Å². The van der Waals surface area contributed by atoms with Crippen LogP contribution in [0, 0.1) is 0 Å². The molecule has 134 valence electrons. The predicted octanol–water partition coefficient (Wildman–Crippen LogP) is 5.75. The average molecular weight is 313 g/mol. The summed E-state index contributed by atoms with van der Waals surface area (Å²) in [6, 6.07) is 0. The molecular formula is C20H44N2. The van der Waals surface area contributed by atoms with Crippen molar-refractivity contribution in [2.45, 2.75) is 104 Å². The Kier molecular flexibility index (Phi) is 18.9. The van der Waals surface area contributed by atoms with Crippen LogP contribution in [0.5, 0.6) is 0 Å². The zero-order chi connectivity index (χ0) is 16.3. The van der Waals surface area contributed by atoms with E-state index in [2.05, 4.69) is 18.7 Å². The summed E-state index contributed by atoms with van der Waals surface area (Å²) in [6.45, 7) is 9.34. The fourth-order valence-corrected chi connectivity index (χ4v) is 3.08. The highest BCUT2D eigenvalue weighted by molar-refractivity contribution is 4.57. The van der Waals surface area contributed by atoms with Crippen LogP contribution in [0.2, 0.25) is 0 Å². The van der Waals surface area contributed by atoms with Gasteiger partial charge in [0.15, 0.2) is 0 Å². The smallest absolute Gasteiger partial charge is 0.00189 e. The molecule has 0 aliphatic heterocycles. The van der Waals surface area contributed by atoms with E-state index in [0.717, 1.165) is 6.54 Å². The Labute approximate surface area is 141 Å². The van der Waals surface area contributed by atoms with E-state index in [1.54, 1.807) is 0 Å². The second kappa shape index (κ2) is 19.0. The molecule has 0 aromatic carbocycles. The molecular weight excluding hydrogens is 268 g/mol. The van der Waals surface area contributed by atoms with Crippen LogP contribution < -0.4 is 5.73 Å². The minimum Gasteiger partial charge on any atom is -0.330 e. The van der Waals surface area contributed by atoms with Crippen molar-refractivity contribution < 1.29 is 0 Å². The zero-order valence-corrected chi connectivity index (χ0v) is 15.8. The van der Waals surface area contributed by atoms with Crippen LogP contribution in [0.3, 0.4) is 0 Å². The summed E-state index contributed by atoms with van der Waals surface area (Å²) in [6.07, 6.45) is 19.5. The minimum atomic E-state index is 0.868. The Morgan fingerprint density at radius 1 is 0.545 bits per heavy atom. The molecule has 0 saturated carbocycles. The number of nitrogens with two attached hydrogens (primary N) is 1. The van der Waals surface area contributed by atoms with Gasteiger partial charge in [0.1, 0.15) is 0 Å².